The molecule has 2 aliphatic carbocycles. The molecule has 0 spiro atoms. The van der Waals surface area contributed by atoms with Gasteiger partial charge in [-0.3, -0.25) is 0 Å². The predicted molar refractivity (Wildman–Crippen MR) is 89.6 cm³/mol. The smallest absolute Gasteiger partial charge is 0.161 e. The van der Waals surface area contributed by atoms with Crippen LogP contribution in [0.5, 0.6) is 0 Å². The summed E-state index contributed by atoms with van der Waals surface area (Å²) in [6, 6.07) is 0. The third-order valence-corrected chi connectivity index (χ3v) is 5.64. The van der Waals surface area contributed by atoms with Gasteiger partial charge in [-0.05, 0) is 56.4 Å². The number of aryl methyl sites for hydroxylation is 1. The Morgan fingerprint density at radius 2 is 2.05 bits per heavy atom. The Morgan fingerprint density at radius 3 is 2.62 bits per heavy atom. The Bertz CT molecular complexity index is 572. The average molecular weight is 304 g/mol. The Morgan fingerprint density at radius 1 is 1.29 bits per heavy atom. The Hall–Kier alpha value is -1.23. The van der Waals surface area contributed by atoms with Gasteiger partial charge in [0.1, 0.15) is 4.99 Å². The van der Waals surface area contributed by atoms with E-state index in [2.05, 4.69) is 22.1 Å². The van der Waals surface area contributed by atoms with E-state index < -0.39 is 0 Å². The zero-order valence-electron chi connectivity index (χ0n) is 13.1. The fraction of sp³-hybridized carbons (Fsp3) is 0.688. The molecular weight excluding hydrogens is 280 g/mol. The van der Waals surface area contributed by atoms with Gasteiger partial charge in [-0.2, -0.15) is 5.10 Å². The van der Waals surface area contributed by atoms with Crippen LogP contribution in [0, 0.1) is 31.6 Å². The van der Waals surface area contributed by atoms with Crippen LogP contribution in [0.25, 0.3) is 0 Å². The van der Waals surface area contributed by atoms with Gasteiger partial charge in [-0.15, -0.1) is 5.10 Å². The van der Waals surface area contributed by atoms with Gasteiger partial charge in [-0.25, -0.2) is 0 Å². The minimum Gasteiger partial charge on any atom is -0.389 e. The number of thiocarbonyl (C=S) groups is 1. The van der Waals surface area contributed by atoms with Crippen LogP contribution in [0.2, 0.25) is 0 Å². The van der Waals surface area contributed by atoms with Crippen LogP contribution >= 0.6 is 12.2 Å². The van der Waals surface area contributed by atoms with Crippen molar-refractivity contribution in [3.63, 3.8) is 0 Å². The van der Waals surface area contributed by atoms with Crippen LogP contribution in [0.3, 0.4) is 0 Å². The minimum absolute atomic E-state index is 0.417. The summed E-state index contributed by atoms with van der Waals surface area (Å²) in [5.74, 6) is 3.50. The number of rotatable bonds is 4. The summed E-state index contributed by atoms with van der Waals surface area (Å²) < 4.78 is 0. The van der Waals surface area contributed by atoms with Crippen LogP contribution in [0.15, 0.2) is 0 Å². The molecule has 1 aromatic rings. The maximum absolute atomic E-state index is 5.93. The summed E-state index contributed by atoms with van der Waals surface area (Å²) in [4.78, 5) is 2.62. The van der Waals surface area contributed by atoms with Gasteiger partial charge in [0, 0.05) is 13.6 Å². The fourth-order valence-electron chi connectivity index (χ4n) is 4.20. The average Bonchev–Trinajstić information content (AvgIpc) is 3.03. The summed E-state index contributed by atoms with van der Waals surface area (Å²) in [6.45, 7) is 5.01. The molecule has 2 N–H and O–H groups in total. The predicted octanol–water partition coefficient (Wildman–Crippen LogP) is 2.60. The van der Waals surface area contributed by atoms with Gasteiger partial charge in [0.25, 0.3) is 0 Å². The molecule has 2 saturated carbocycles. The Kier molecular flexibility index (Phi) is 3.86. The van der Waals surface area contributed by atoms with Gasteiger partial charge in [-0.1, -0.05) is 18.6 Å². The van der Waals surface area contributed by atoms with Crippen LogP contribution < -0.4 is 10.6 Å². The molecule has 4 nitrogen and oxygen atoms in total. The molecule has 0 amide bonds. The van der Waals surface area contributed by atoms with E-state index in [1.54, 1.807) is 0 Å². The van der Waals surface area contributed by atoms with E-state index in [1.807, 2.05) is 13.8 Å². The molecule has 0 aromatic carbocycles. The summed E-state index contributed by atoms with van der Waals surface area (Å²) in [5.41, 5.74) is 8.77. The monoisotopic (exact) mass is 304 g/mol. The molecule has 2 fully saturated rings. The van der Waals surface area contributed by atoms with Crippen LogP contribution in [0.1, 0.15) is 42.5 Å². The molecule has 3 rings (SSSR count). The maximum Gasteiger partial charge on any atom is 0.161 e. The minimum atomic E-state index is 0.417. The van der Waals surface area contributed by atoms with Crippen LogP contribution in [0.4, 0.5) is 5.82 Å². The third kappa shape index (κ3) is 2.63. The summed E-state index contributed by atoms with van der Waals surface area (Å²) in [5, 5.41) is 8.63. The van der Waals surface area contributed by atoms with E-state index in [0.29, 0.717) is 4.99 Å². The number of fused-ring (bicyclic) bond motifs is 2. The molecule has 3 unspecified atom stereocenters. The molecule has 2 bridgehead atoms. The number of nitrogens with two attached hydrogens (primary N) is 1. The first kappa shape index (κ1) is 14.7. The fourth-order valence-corrected chi connectivity index (χ4v) is 4.44. The molecule has 5 heteroatoms. The third-order valence-electron chi connectivity index (χ3n) is 5.44. The lowest BCUT2D eigenvalue weighted by atomic mass is 9.88. The number of hydrogen-bond acceptors (Lipinski definition) is 4. The standard InChI is InChI=1S/C16H24N4S/c1-9-10(2)18-19-16(14(9)15(17)21)20(3)8-13-7-11-4-5-12(13)6-11/h11-13H,4-8H2,1-3H3,(H2,17,21). The molecule has 21 heavy (non-hydrogen) atoms. The second-order valence-electron chi connectivity index (χ2n) is 6.79. The largest absolute Gasteiger partial charge is 0.389 e. The molecule has 0 aliphatic heterocycles. The van der Waals surface area contributed by atoms with Crippen molar-refractivity contribution in [2.45, 2.75) is 39.5 Å². The molecule has 1 aromatic heterocycles. The van der Waals surface area contributed by atoms with Gasteiger partial charge in [0.15, 0.2) is 5.82 Å². The van der Waals surface area contributed by atoms with Crippen molar-refractivity contribution in [1.29, 1.82) is 0 Å². The van der Waals surface area contributed by atoms with Crippen molar-refractivity contribution in [1.82, 2.24) is 10.2 Å². The van der Waals surface area contributed by atoms with Gasteiger partial charge in [0.05, 0.1) is 11.3 Å². The first-order valence-corrected chi connectivity index (χ1v) is 8.23. The van der Waals surface area contributed by atoms with E-state index in [0.717, 1.165) is 46.9 Å². The van der Waals surface area contributed by atoms with E-state index >= 15 is 0 Å². The lowest BCUT2D eigenvalue weighted by Crippen LogP contribution is -2.31. The lowest BCUT2D eigenvalue weighted by Gasteiger charge is -2.29. The number of aromatic nitrogens is 2. The van der Waals surface area contributed by atoms with E-state index in [4.69, 9.17) is 18.0 Å². The first-order chi connectivity index (χ1) is 9.97. The Balaban J connectivity index is 1.83. The maximum atomic E-state index is 5.93. The lowest BCUT2D eigenvalue weighted by molar-refractivity contribution is 0.337. The number of nitrogens with zero attached hydrogens (tertiary/aromatic N) is 3. The summed E-state index contributed by atoms with van der Waals surface area (Å²) in [7, 11) is 2.09. The van der Waals surface area contributed by atoms with Crippen molar-refractivity contribution >= 4 is 23.0 Å². The zero-order chi connectivity index (χ0) is 15.1. The molecule has 1 heterocycles. The highest BCUT2D eigenvalue weighted by Crippen LogP contribution is 2.48. The van der Waals surface area contributed by atoms with E-state index in [9.17, 15) is 0 Å². The number of anilines is 1. The topological polar surface area (TPSA) is 55.0 Å². The van der Waals surface area contributed by atoms with Crippen molar-refractivity contribution in [3.8, 4) is 0 Å². The Labute approximate surface area is 132 Å². The van der Waals surface area contributed by atoms with Crippen molar-refractivity contribution in [3.05, 3.63) is 16.8 Å². The first-order valence-electron chi connectivity index (χ1n) is 7.82. The van der Waals surface area contributed by atoms with E-state index in [1.165, 1.54) is 25.7 Å². The van der Waals surface area contributed by atoms with Crippen molar-refractivity contribution < 1.29 is 0 Å². The normalized spacial score (nSPS) is 27.1. The van der Waals surface area contributed by atoms with Gasteiger partial charge >= 0.3 is 0 Å². The SMILES string of the molecule is Cc1nnc(N(C)CC2CC3CCC2C3)c(C(N)=S)c1C. The zero-order valence-corrected chi connectivity index (χ0v) is 13.9. The van der Waals surface area contributed by atoms with E-state index in [-0.39, 0.29) is 0 Å². The highest BCUT2D eigenvalue weighted by molar-refractivity contribution is 7.80. The van der Waals surface area contributed by atoms with Crippen LogP contribution in [-0.2, 0) is 0 Å². The number of hydrogen-bond donors (Lipinski definition) is 1. The van der Waals surface area contributed by atoms with Crippen molar-refractivity contribution in [2.75, 3.05) is 18.5 Å². The summed E-state index contributed by atoms with van der Waals surface area (Å²) >= 11 is 5.24. The molecule has 2 aliphatic rings. The highest BCUT2D eigenvalue weighted by atomic mass is 32.1. The second-order valence-corrected chi connectivity index (χ2v) is 7.23. The summed E-state index contributed by atoms with van der Waals surface area (Å²) in [6.07, 6.45) is 5.64. The molecule has 0 saturated heterocycles. The molecule has 0 radical (unpaired) electrons. The molecular formula is C16H24N4S. The molecule has 3 atom stereocenters. The second kappa shape index (κ2) is 5.52. The highest BCUT2D eigenvalue weighted by Gasteiger charge is 2.40. The van der Waals surface area contributed by atoms with Crippen LogP contribution in [-0.4, -0.2) is 28.8 Å². The quantitative estimate of drug-likeness (QED) is 0.867. The van der Waals surface area contributed by atoms with Gasteiger partial charge in [0.2, 0.25) is 0 Å². The van der Waals surface area contributed by atoms with Crippen molar-refractivity contribution in [2.24, 2.45) is 23.5 Å². The molecule has 114 valence electrons. The van der Waals surface area contributed by atoms with Gasteiger partial charge < -0.3 is 10.6 Å².